The molecule has 1 fully saturated rings. The molecule has 4 heterocycles. The summed E-state index contributed by atoms with van der Waals surface area (Å²) in [5.41, 5.74) is 4.44. The van der Waals surface area contributed by atoms with Gasteiger partial charge in [0.25, 0.3) is 0 Å². The van der Waals surface area contributed by atoms with E-state index in [4.69, 9.17) is 5.26 Å². The maximum Gasteiger partial charge on any atom is 0.146 e. The van der Waals surface area contributed by atoms with E-state index in [9.17, 15) is 4.39 Å². The summed E-state index contributed by atoms with van der Waals surface area (Å²) in [7, 11) is 0. The Bertz CT molecular complexity index is 1160. The van der Waals surface area contributed by atoms with Gasteiger partial charge in [-0.3, -0.25) is 4.98 Å². The second-order valence-electron chi connectivity index (χ2n) is 9.13. The van der Waals surface area contributed by atoms with E-state index in [0.29, 0.717) is 5.69 Å². The van der Waals surface area contributed by atoms with Gasteiger partial charge in [-0.2, -0.15) is 5.26 Å². The Morgan fingerprint density at radius 2 is 2.23 bits per heavy atom. The highest BCUT2D eigenvalue weighted by Crippen LogP contribution is 2.42. The predicted molar refractivity (Wildman–Crippen MR) is 119 cm³/mol. The topological polar surface area (TPSA) is 68.1 Å². The number of hydrogen-bond donors (Lipinski definition) is 1. The summed E-state index contributed by atoms with van der Waals surface area (Å²) in [6.07, 6.45) is 10.1. The monoisotopic (exact) mass is 419 g/mol. The molecule has 162 valence electrons. The van der Waals surface area contributed by atoms with E-state index < -0.39 is 0 Å². The second-order valence-corrected chi connectivity index (χ2v) is 9.13. The van der Waals surface area contributed by atoms with E-state index in [0.717, 1.165) is 50.7 Å². The van der Waals surface area contributed by atoms with Gasteiger partial charge in [0, 0.05) is 54.9 Å². The Balaban J connectivity index is 1.58. The number of aromatic amines is 1. The molecule has 6 heteroatoms. The molecule has 5 nitrogen and oxygen atoms in total. The van der Waals surface area contributed by atoms with Gasteiger partial charge in [-0.1, -0.05) is 20.8 Å². The maximum absolute atomic E-state index is 14.6. The molecule has 2 aliphatic heterocycles. The first kappa shape index (κ1) is 21.3. The minimum Gasteiger partial charge on any atom is -0.373 e. The number of aromatic nitrogens is 2. The first-order valence-corrected chi connectivity index (χ1v) is 11.2. The van der Waals surface area contributed by atoms with Gasteiger partial charge in [0.15, 0.2) is 0 Å². The first-order chi connectivity index (χ1) is 15.0. The fourth-order valence-corrected chi connectivity index (χ4v) is 4.97. The van der Waals surface area contributed by atoms with E-state index in [1.165, 1.54) is 28.8 Å². The maximum atomic E-state index is 14.6. The summed E-state index contributed by atoms with van der Waals surface area (Å²) in [5, 5.41) is 10.2. The number of H-pyrrole nitrogens is 1. The zero-order valence-electron chi connectivity index (χ0n) is 18.6. The van der Waals surface area contributed by atoms with Gasteiger partial charge in [-0.15, -0.1) is 0 Å². The van der Waals surface area contributed by atoms with Crippen LogP contribution in [0.5, 0.6) is 0 Å². The van der Waals surface area contributed by atoms with Gasteiger partial charge in [0.1, 0.15) is 17.4 Å². The lowest BCUT2D eigenvalue weighted by atomic mass is 9.78. The smallest absolute Gasteiger partial charge is 0.146 e. The summed E-state index contributed by atoms with van der Waals surface area (Å²) in [5.74, 6) is -0.320. The molecule has 0 bridgehead atoms. The van der Waals surface area contributed by atoms with Crippen LogP contribution < -0.4 is 10.7 Å². The molecule has 31 heavy (non-hydrogen) atoms. The Morgan fingerprint density at radius 1 is 1.39 bits per heavy atom. The van der Waals surface area contributed by atoms with Crippen molar-refractivity contribution in [3.63, 3.8) is 0 Å². The van der Waals surface area contributed by atoms with Gasteiger partial charge in [0.2, 0.25) is 0 Å². The van der Waals surface area contributed by atoms with Gasteiger partial charge in [-0.05, 0) is 48.8 Å². The summed E-state index contributed by atoms with van der Waals surface area (Å²) in [4.78, 5) is 14.7. The van der Waals surface area contributed by atoms with Gasteiger partial charge in [-0.25, -0.2) is 9.38 Å². The van der Waals surface area contributed by atoms with E-state index in [1.54, 1.807) is 0 Å². The van der Waals surface area contributed by atoms with E-state index in [2.05, 4.69) is 46.7 Å². The van der Waals surface area contributed by atoms with Crippen LogP contribution in [0.3, 0.4) is 0 Å². The third kappa shape index (κ3) is 4.27. The van der Waals surface area contributed by atoms with Crippen LogP contribution in [-0.4, -0.2) is 28.0 Å². The SMILES string of the molecule is CCC1=CN=c2[nH]ccc2=C(N2CCC(C)(CC(CC)c3ncc(C#N)cc3F)C2)C1. The summed E-state index contributed by atoms with van der Waals surface area (Å²) in [6.45, 7) is 8.52. The lowest BCUT2D eigenvalue weighted by Crippen LogP contribution is -2.33. The van der Waals surface area contributed by atoms with Crippen LogP contribution in [0.25, 0.3) is 5.70 Å². The summed E-state index contributed by atoms with van der Waals surface area (Å²) in [6, 6.07) is 5.40. The Morgan fingerprint density at radius 3 is 2.94 bits per heavy atom. The first-order valence-electron chi connectivity index (χ1n) is 11.2. The summed E-state index contributed by atoms with van der Waals surface area (Å²) >= 11 is 0. The molecule has 2 atom stereocenters. The van der Waals surface area contributed by atoms with E-state index in [-0.39, 0.29) is 22.7 Å². The Hall–Kier alpha value is -2.94. The quantitative estimate of drug-likeness (QED) is 0.765. The van der Waals surface area contributed by atoms with Crippen LogP contribution >= 0.6 is 0 Å². The lowest BCUT2D eigenvalue weighted by molar-refractivity contribution is 0.272. The third-order valence-electron chi connectivity index (χ3n) is 6.82. The van der Waals surface area contributed by atoms with Crippen molar-refractivity contribution in [1.82, 2.24) is 14.9 Å². The summed E-state index contributed by atoms with van der Waals surface area (Å²) < 4.78 is 14.6. The van der Waals surface area contributed by atoms with Gasteiger partial charge in [0.05, 0.1) is 11.3 Å². The van der Waals surface area contributed by atoms with Gasteiger partial charge < -0.3 is 9.88 Å². The number of halogens is 1. The fourth-order valence-electron chi connectivity index (χ4n) is 4.97. The lowest BCUT2D eigenvalue weighted by Gasteiger charge is -2.30. The standard InChI is InChI=1S/C25H30FN5/c1-4-17-11-22(20-6-8-28-24(20)30-14-17)31-9-7-25(3,16-31)12-19(5-2)23-21(26)10-18(13-27)15-29-23/h6,8,10,14-15,19H,4-5,7,9,11-12,16H2,1-3H3,(H,28,30). The van der Waals surface area contributed by atoms with Crippen molar-refractivity contribution in [1.29, 1.82) is 5.26 Å². The average Bonchev–Trinajstić information content (AvgIpc) is 3.35. The van der Waals surface area contributed by atoms with Crippen molar-refractivity contribution in [2.75, 3.05) is 13.1 Å². The van der Waals surface area contributed by atoms with Crippen molar-refractivity contribution < 1.29 is 4.39 Å². The normalized spacial score (nSPS) is 21.7. The van der Waals surface area contributed by atoms with Crippen molar-refractivity contribution in [3.05, 3.63) is 64.1 Å². The fraction of sp³-hybridized carbons (Fsp3) is 0.480. The zero-order valence-corrected chi connectivity index (χ0v) is 18.6. The minimum atomic E-state index is -0.362. The van der Waals surface area contributed by atoms with Crippen LogP contribution in [0.1, 0.15) is 70.1 Å². The van der Waals surface area contributed by atoms with Crippen LogP contribution in [0, 0.1) is 22.6 Å². The van der Waals surface area contributed by atoms with Crippen molar-refractivity contribution >= 4 is 5.70 Å². The molecule has 1 saturated heterocycles. The number of nitrogens with zero attached hydrogens (tertiary/aromatic N) is 4. The molecular formula is C25H30FN5. The van der Waals surface area contributed by atoms with Crippen LogP contribution in [-0.2, 0) is 0 Å². The predicted octanol–water partition coefficient (Wildman–Crippen LogP) is 4.14. The molecule has 0 radical (unpaired) electrons. The Kier molecular flexibility index (Phi) is 5.95. The van der Waals surface area contributed by atoms with Crippen LogP contribution in [0.4, 0.5) is 4.39 Å². The number of rotatable bonds is 6. The van der Waals surface area contributed by atoms with Crippen molar-refractivity contribution in [2.45, 2.75) is 58.8 Å². The molecule has 2 aliphatic rings. The molecule has 0 saturated carbocycles. The molecule has 0 aliphatic carbocycles. The number of hydrogen-bond acceptors (Lipinski definition) is 4. The molecule has 1 N–H and O–H groups in total. The van der Waals surface area contributed by atoms with Gasteiger partial charge >= 0.3 is 0 Å². The largest absolute Gasteiger partial charge is 0.373 e. The van der Waals surface area contributed by atoms with E-state index in [1.807, 2.05) is 18.5 Å². The number of likely N-dealkylation sites (tertiary alicyclic amines) is 1. The molecule has 2 unspecified atom stereocenters. The molecule has 0 aromatic carbocycles. The number of nitriles is 1. The molecule has 0 spiro atoms. The molecule has 4 rings (SSSR count). The Labute approximate surface area is 183 Å². The molecule has 0 amide bonds. The second kappa shape index (κ2) is 8.66. The molecule has 2 aromatic rings. The average molecular weight is 420 g/mol. The molecule has 2 aromatic heterocycles. The zero-order chi connectivity index (χ0) is 22.0. The molecular weight excluding hydrogens is 389 g/mol. The number of nitrogens with one attached hydrogen (secondary N) is 1. The number of pyridine rings is 1. The third-order valence-corrected chi connectivity index (χ3v) is 6.82. The highest BCUT2D eigenvalue weighted by atomic mass is 19.1. The highest BCUT2D eigenvalue weighted by molar-refractivity contribution is 5.48. The van der Waals surface area contributed by atoms with Crippen LogP contribution in [0.15, 0.2) is 41.3 Å². The highest BCUT2D eigenvalue weighted by Gasteiger charge is 2.37. The van der Waals surface area contributed by atoms with E-state index >= 15 is 0 Å². The number of fused-ring (bicyclic) bond motifs is 1. The minimum absolute atomic E-state index is 0.0424. The van der Waals surface area contributed by atoms with Crippen molar-refractivity contribution in [2.24, 2.45) is 10.4 Å². The van der Waals surface area contributed by atoms with Crippen molar-refractivity contribution in [3.8, 4) is 6.07 Å². The van der Waals surface area contributed by atoms with Crippen LogP contribution in [0.2, 0.25) is 0 Å².